The summed E-state index contributed by atoms with van der Waals surface area (Å²) in [6.07, 6.45) is -1.21. The highest BCUT2D eigenvalue weighted by Crippen LogP contribution is 2.21. The van der Waals surface area contributed by atoms with Gasteiger partial charge in [0.1, 0.15) is 23.3 Å². The van der Waals surface area contributed by atoms with Crippen molar-refractivity contribution in [2.75, 3.05) is 7.11 Å². The first-order chi connectivity index (χ1) is 22.3. The average Bonchev–Trinajstić information content (AvgIpc) is 2.93. The molecule has 0 fully saturated rings. The second-order valence-electron chi connectivity index (χ2n) is 13.6. The van der Waals surface area contributed by atoms with Gasteiger partial charge >= 0.3 is 24.1 Å². The predicted molar refractivity (Wildman–Crippen MR) is 182 cm³/mol. The maximum atomic E-state index is 12.0. The molecule has 49 heavy (non-hydrogen) atoms. The van der Waals surface area contributed by atoms with Crippen LogP contribution in [-0.2, 0) is 36.6 Å². The quantitative estimate of drug-likeness (QED) is 0.179. The topological polar surface area (TPSA) is 226 Å². The van der Waals surface area contributed by atoms with Crippen molar-refractivity contribution in [2.24, 2.45) is 11.5 Å². The third kappa shape index (κ3) is 14.3. The number of amides is 4. The van der Waals surface area contributed by atoms with Crippen molar-refractivity contribution >= 4 is 35.9 Å². The normalized spacial score (nSPS) is 12.3. The number of nitrogens with two attached hydrogens (primary N) is 2. The van der Waals surface area contributed by atoms with E-state index in [0.717, 1.165) is 33.4 Å². The molecule has 0 saturated heterocycles. The number of hydrogen-bond donors (Lipinski definition) is 5. The number of carboxylic acid groups (broad SMARTS) is 1. The van der Waals surface area contributed by atoms with Gasteiger partial charge in [0.25, 0.3) is 0 Å². The largest absolute Gasteiger partial charge is 0.480 e. The van der Waals surface area contributed by atoms with Crippen molar-refractivity contribution in [3.05, 3.63) is 68.8 Å². The predicted octanol–water partition coefficient (Wildman–Crippen LogP) is 3.93. The Hall–Kier alpha value is -5.14. The lowest BCUT2D eigenvalue weighted by Gasteiger charge is -2.23. The minimum Gasteiger partial charge on any atom is -0.480 e. The Bertz CT molecular complexity index is 1520. The first kappa shape index (κ1) is 41.9. The van der Waals surface area contributed by atoms with E-state index in [1.54, 1.807) is 79.7 Å². The van der Waals surface area contributed by atoms with Gasteiger partial charge in [0.05, 0.1) is 7.11 Å². The molecular weight excluding hydrogens is 636 g/mol. The van der Waals surface area contributed by atoms with Crippen LogP contribution < -0.4 is 22.1 Å². The van der Waals surface area contributed by atoms with E-state index in [-0.39, 0.29) is 12.8 Å². The van der Waals surface area contributed by atoms with Crippen LogP contribution in [0.15, 0.2) is 24.3 Å². The molecule has 2 atom stereocenters. The highest BCUT2D eigenvalue weighted by molar-refractivity contribution is 5.94. The summed E-state index contributed by atoms with van der Waals surface area (Å²) in [6.45, 7) is 17.4. The SMILES string of the molecule is COC(=O)[C@H](Cc1c(C)cc(C(N)=O)cc1C)NC(=O)OC(C)(C)C.Cc1cc(C(N)=O)cc(C)c1C[C@H](NC(=O)OC(C)(C)C)C(=O)O. The van der Waals surface area contributed by atoms with Crippen LogP contribution in [0.4, 0.5) is 9.59 Å². The summed E-state index contributed by atoms with van der Waals surface area (Å²) >= 11 is 0. The van der Waals surface area contributed by atoms with Gasteiger partial charge in [-0.1, -0.05) is 0 Å². The Morgan fingerprint density at radius 3 is 1.22 bits per heavy atom. The lowest BCUT2D eigenvalue weighted by atomic mass is 9.94. The molecule has 0 saturated carbocycles. The van der Waals surface area contributed by atoms with E-state index in [1.165, 1.54) is 7.11 Å². The van der Waals surface area contributed by atoms with Crippen molar-refractivity contribution in [1.82, 2.24) is 10.6 Å². The molecule has 0 aliphatic rings. The zero-order valence-corrected chi connectivity index (χ0v) is 30.2. The first-order valence-electron chi connectivity index (χ1n) is 15.4. The second-order valence-corrected chi connectivity index (χ2v) is 13.6. The average molecular weight is 687 g/mol. The molecule has 2 aromatic carbocycles. The lowest BCUT2D eigenvalue weighted by Crippen LogP contribution is -2.45. The van der Waals surface area contributed by atoms with Gasteiger partial charge in [-0.3, -0.25) is 9.59 Å². The zero-order valence-electron chi connectivity index (χ0n) is 30.2. The fraction of sp³-hybridized carbons (Fsp3) is 0.486. The second kappa shape index (κ2) is 17.3. The number of carbonyl (C=O) groups is 6. The van der Waals surface area contributed by atoms with Crippen molar-refractivity contribution in [3.63, 3.8) is 0 Å². The van der Waals surface area contributed by atoms with Crippen LogP contribution in [0.1, 0.15) is 95.6 Å². The molecule has 7 N–H and O–H groups in total. The summed E-state index contributed by atoms with van der Waals surface area (Å²) in [6, 6.07) is 4.49. The van der Waals surface area contributed by atoms with Gasteiger partial charge in [0, 0.05) is 24.0 Å². The first-order valence-corrected chi connectivity index (χ1v) is 15.4. The fourth-order valence-corrected chi connectivity index (χ4v) is 4.76. The minimum absolute atomic E-state index is 0.0747. The molecular formula is C35H50N4O10. The molecule has 0 radical (unpaired) electrons. The Kier molecular flexibility index (Phi) is 14.8. The minimum atomic E-state index is -1.17. The number of aryl methyl sites for hydroxylation is 4. The number of carboxylic acids is 1. The summed E-state index contributed by atoms with van der Waals surface area (Å²) in [7, 11) is 1.25. The van der Waals surface area contributed by atoms with Gasteiger partial charge in [-0.15, -0.1) is 0 Å². The van der Waals surface area contributed by atoms with Crippen LogP contribution in [0.3, 0.4) is 0 Å². The number of methoxy groups -OCH3 is 1. The number of hydrogen-bond acceptors (Lipinski definition) is 9. The summed E-state index contributed by atoms with van der Waals surface area (Å²) in [5.41, 5.74) is 14.6. The molecule has 0 bridgehead atoms. The highest BCUT2D eigenvalue weighted by Gasteiger charge is 2.27. The Balaban J connectivity index is 0.000000490. The molecule has 270 valence electrons. The number of nitrogens with one attached hydrogen (secondary N) is 2. The van der Waals surface area contributed by atoms with Gasteiger partial charge in [-0.25, -0.2) is 19.2 Å². The van der Waals surface area contributed by atoms with Crippen molar-refractivity contribution in [2.45, 2.75) is 105 Å². The van der Waals surface area contributed by atoms with E-state index in [9.17, 15) is 33.9 Å². The summed E-state index contributed by atoms with van der Waals surface area (Å²) in [5, 5.41) is 14.3. The number of aliphatic carboxylic acids is 1. The van der Waals surface area contributed by atoms with Gasteiger partial charge in [0.2, 0.25) is 11.8 Å². The maximum absolute atomic E-state index is 12.0. The van der Waals surface area contributed by atoms with Crippen LogP contribution >= 0.6 is 0 Å². The molecule has 4 amide bonds. The lowest BCUT2D eigenvalue weighted by molar-refractivity contribution is -0.143. The number of esters is 1. The van der Waals surface area contributed by atoms with E-state index in [1.807, 2.05) is 13.8 Å². The Morgan fingerprint density at radius 1 is 0.653 bits per heavy atom. The Morgan fingerprint density at radius 2 is 0.959 bits per heavy atom. The van der Waals surface area contributed by atoms with Crippen LogP contribution in [0.5, 0.6) is 0 Å². The third-order valence-electron chi connectivity index (χ3n) is 6.94. The summed E-state index contributed by atoms with van der Waals surface area (Å²) in [4.78, 5) is 69.9. The zero-order chi connectivity index (χ0) is 38.0. The van der Waals surface area contributed by atoms with Gasteiger partial charge in [0.15, 0.2) is 0 Å². The van der Waals surface area contributed by atoms with Gasteiger partial charge in [-0.2, -0.15) is 0 Å². The number of rotatable bonds is 10. The molecule has 0 heterocycles. The summed E-state index contributed by atoms with van der Waals surface area (Å²) in [5.74, 6) is -2.81. The molecule has 0 aliphatic carbocycles. The number of primary amides is 2. The highest BCUT2D eigenvalue weighted by atomic mass is 16.6. The molecule has 14 heteroatoms. The van der Waals surface area contributed by atoms with Gasteiger partial charge in [-0.05, 0) is 127 Å². The molecule has 0 spiro atoms. The third-order valence-corrected chi connectivity index (χ3v) is 6.94. The number of benzene rings is 2. The molecule has 2 rings (SSSR count). The van der Waals surface area contributed by atoms with E-state index in [4.69, 9.17) is 25.7 Å². The summed E-state index contributed by atoms with van der Waals surface area (Å²) < 4.78 is 15.1. The van der Waals surface area contributed by atoms with Crippen LogP contribution in [0.25, 0.3) is 0 Å². The van der Waals surface area contributed by atoms with Crippen LogP contribution in [-0.4, -0.2) is 71.4 Å². The van der Waals surface area contributed by atoms with E-state index in [2.05, 4.69) is 10.6 Å². The Labute approximate surface area is 287 Å². The van der Waals surface area contributed by atoms with Crippen molar-refractivity contribution in [3.8, 4) is 0 Å². The number of carbonyl (C=O) groups excluding carboxylic acids is 5. The number of alkyl carbamates (subject to hydrolysis) is 2. The fourth-order valence-electron chi connectivity index (χ4n) is 4.76. The van der Waals surface area contributed by atoms with E-state index < -0.39 is 59.2 Å². The molecule has 0 aliphatic heterocycles. The van der Waals surface area contributed by atoms with Gasteiger partial charge < -0.3 is 41.4 Å². The monoisotopic (exact) mass is 686 g/mol. The van der Waals surface area contributed by atoms with Crippen LogP contribution in [0.2, 0.25) is 0 Å². The molecule has 14 nitrogen and oxygen atoms in total. The van der Waals surface area contributed by atoms with Crippen molar-refractivity contribution in [1.29, 1.82) is 0 Å². The molecule has 0 aromatic heterocycles. The standard InChI is InChI=1S/C18H26N2O5.C17H24N2O5/c1-10-7-12(15(19)21)8-11(2)13(10)9-14(16(22)24-6)20-17(23)25-18(3,4)5;1-9-6-11(14(18)20)7-10(2)12(9)8-13(15(21)22)19-16(23)24-17(3,4)5/h7-8,14H,9H2,1-6H3,(H2,19,21)(H,20,23);6-7,13H,8H2,1-5H3,(H2,18,20)(H,19,23)(H,21,22)/t14-;13-/m00/s1. The number of ether oxygens (including phenoxy) is 3. The van der Waals surface area contributed by atoms with E-state index >= 15 is 0 Å². The van der Waals surface area contributed by atoms with E-state index in [0.29, 0.717) is 11.1 Å². The van der Waals surface area contributed by atoms with Crippen molar-refractivity contribution < 1.29 is 48.1 Å². The molecule has 0 unspecified atom stereocenters. The smallest absolute Gasteiger partial charge is 0.408 e. The molecule has 2 aromatic rings. The van der Waals surface area contributed by atoms with Crippen LogP contribution in [0, 0.1) is 27.7 Å². The maximum Gasteiger partial charge on any atom is 0.408 e.